The zero-order chi connectivity index (χ0) is 18.7. The first kappa shape index (κ1) is 17.8. The van der Waals surface area contributed by atoms with Gasteiger partial charge in [0.1, 0.15) is 17.1 Å². The molecule has 1 aromatic heterocycles. The maximum absolute atomic E-state index is 11.9. The highest BCUT2D eigenvalue weighted by molar-refractivity contribution is 6.29. The van der Waals surface area contributed by atoms with Gasteiger partial charge >= 0.3 is 5.97 Å². The lowest BCUT2D eigenvalue weighted by Gasteiger charge is -2.19. The molecule has 134 valence electrons. The first-order valence-electron chi connectivity index (χ1n) is 8.33. The number of carbonyl (C=O) groups excluding carboxylic acids is 2. The Morgan fingerprint density at radius 3 is 2.58 bits per heavy atom. The summed E-state index contributed by atoms with van der Waals surface area (Å²) >= 11 is 0. The number of esters is 1. The average Bonchev–Trinajstić information content (AvgIpc) is 2.55. The number of ether oxygens (including phenoxy) is 2. The fourth-order valence-electron chi connectivity index (χ4n) is 2.54. The lowest BCUT2D eigenvalue weighted by Crippen LogP contribution is -2.24. The molecule has 0 amide bonds. The zero-order valence-corrected chi connectivity index (χ0v) is 15.0. The maximum Gasteiger partial charge on any atom is 0.310 e. The van der Waals surface area contributed by atoms with Crippen molar-refractivity contribution in [1.82, 2.24) is 4.98 Å². The van der Waals surface area contributed by atoms with E-state index in [2.05, 4.69) is 9.98 Å². The molecule has 0 atom stereocenters. The van der Waals surface area contributed by atoms with Gasteiger partial charge in [-0.05, 0) is 44.5 Å². The summed E-state index contributed by atoms with van der Waals surface area (Å²) in [6, 6.07) is 8.90. The van der Waals surface area contributed by atoms with E-state index in [0.717, 1.165) is 5.56 Å². The number of aromatic nitrogens is 1. The molecule has 0 N–H and O–H groups in total. The van der Waals surface area contributed by atoms with Gasteiger partial charge in [-0.15, -0.1) is 0 Å². The predicted octanol–water partition coefficient (Wildman–Crippen LogP) is 3.59. The summed E-state index contributed by atoms with van der Waals surface area (Å²) in [7, 11) is 0. The normalized spacial score (nSPS) is 13.3. The number of rotatable bonds is 4. The summed E-state index contributed by atoms with van der Waals surface area (Å²) < 4.78 is 11.2. The lowest BCUT2D eigenvalue weighted by atomic mass is 10.1. The monoisotopic (exact) mass is 352 g/mol. The Morgan fingerprint density at radius 1 is 1.15 bits per heavy atom. The Bertz CT molecular complexity index is 864. The quantitative estimate of drug-likeness (QED) is 0.786. The molecular formula is C20H20N2O4. The molecule has 0 saturated heterocycles. The van der Waals surface area contributed by atoms with Gasteiger partial charge in [-0.2, -0.15) is 0 Å². The van der Waals surface area contributed by atoms with Crippen molar-refractivity contribution in [1.29, 1.82) is 0 Å². The van der Waals surface area contributed by atoms with Gasteiger partial charge in [0.15, 0.2) is 11.6 Å². The van der Waals surface area contributed by atoms with Crippen molar-refractivity contribution in [2.75, 3.05) is 0 Å². The van der Waals surface area contributed by atoms with E-state index >= 15 is 0 Å². The molecule has 0 spiro atoms. The first-order valence-corrected chi connectivity index (χ1v) is 8.33. The number of hydrogen-bond acceptors (Lipinski definition) is 6. The number of benzene rings is 1. The summed E-state index contributed by atoms with van der Waals surface area (Å²) in [6.45, 7) is 5.52. The molecule has 0 bridgehead atoms. The molecule has 0 aliphatic carbocycles. The zero-order valence-electron chi connectivity index (χ0n) is 15.0. The number of aliphatic imine (C=N–C) groups is 1. The SMILES string of the molecule is CC(C)(C)OC(=O)Cc1ccc(Oc2ccnc3c2CC(=O)C=N3)cc1. The van der Waals surface area contributed by atoms with Crippen molar-refractivity contribution >= 4 is 23.8 Å². The molecule has 6 heteroatoms. The number of Topliss-reactive ketones (excluding diaryl/α,β-unsaturated/α-hetero) is 1. The highest BCUT2D eigenvalue weighted by atomic mass is 16.6. The Hall–Kier alpha value is -3.02. The number of fused-ring (bicyclic) bond motifs is 1. The van der Waals surface area contributed by atoms with Gasteiger partial charge in [-0.3, -0.25) is 9.59 Å². The largest absolute Gasteiger partial charge is 0.460 e. The van der Waals surface area contributed by atoms with Crippen LogP contribution in [-0.4, -0.2) is 28.6 Å². The minimum atomic E-state index is -0.500. The Kier molecular flexibility index (Phi) is 4.84. The van der Waals surface area contributed by atoms with Gasteiger partial charge in [-0.25, -0.2) is 9.98 Å². The van der Waals surface area contributed by atoms with Gasteiger partial charge < -0.3 is 9.47 Å². The molecule has 1 aliphatic rings. The molecule has 2 aromatic rings. The number of pyridine rings is 1. The van der Waals surface area contributed by atoms with Crippen LogP contribution >= 0.6 is 0 Å². The molecule has 0 saturated carbocycles. The van der Waals surface area contributed by atoms with E-state index in [1.54, 1.807) is 24.4 Å². The number of carbonyl (C=O) groups is 2. The van der Waals surface area contributed by atoms with E-state index in [4.69, 9.17) is 9.47 Å². The van der Waals surface area contributed by atoms with E-state index in [9.17, 15) is 9.59 Å². The molecule has 26 heavy (non-hydrogen) atoms. The summed E-state index contributed by atoms with van der Waals surface area (Å²) in [5, 5.41) is 0. The third-order valence-corrected chi connectivity index (χ3v) is 3.59. The van der Waals surface area contributed by atoms with Crippen molar-refractivity contribution in [3.05, 3.63) is 47.7 Å². The Labute approximate surface area is 151 Å². The third-order valence-electron chi connectivity index (χ3n) is 3.59. The molecule has 0 fully saturated rings. The minimum Gasteiger partial charge on any atom is -0.460 e. The van der Waals surface area contributed by atoms with Crippen molar-refractivity contribution in [2.45, 2.75) is 39.2 Å². The summed E-state index contributed by atoms with van der Waals surface area (Å²) in [5.74, 6) is 1.31. The second-order valence-corrected chi connectivity index (χ2v) is 7.02. The third kappa shape index (κ3) is 4.53. The van der Waals surface area contributed by atoms with Gasteiger partial charge in [0.05, 0.1) is 12.6 Å². The lowest BCUT2D eigenvalue weighted by molar-refractivity contribution is -0.153. The first-order chi connectivity index (χ1) is 12.3. The van der Waals surface area contributed by atoms with E-state index < -0.39 is 5.60 Å². The van der Waals surface area contributed by atoms with Gasteiger partial charge in [0.25, 0.3) is 0 Å². The number of hydrogen-bond donors (Lipinski definition) is 0. The van der Waals surface area contributed by atoms with Crippen LogP contribution in [0.1, 0.15) is 31.9 Å². The fourth-order valence-corrected chi connectivity index (χ4v) is 2.54. The van der Waals surface area contributed by atoms with E-state index in [-0.39, 0.29) is 24.6 Å². The molecule has 6 nitrogen and oxygen atoms in total. The predicted molar refractivity (Wildman–Crippen MR) is 97.2 cm³/mol. The Balaban J connectivity index is 1.70. The van der Waals surface area contributed by atoms with Crippen LogP contribution in [0.25, 0.3) is 0 Å². The van der Waals surface area contributed by atoms with E-state index in [0.29, 0.717) is 22.9 Å². The van der Waals surface area contributed by atoms with Crippen LogP contribution in [0.5, 0.6) is 11.5 Å². The minimum absolute atomic E-state index is 0.0805. The van der Waals surface area contributed by atoms with Crippen LogP contribution in [0.2, 0.25) is 0 Å². The summed E-state index contributed by atoms with van der Waals surface area (Å²) in [4.78, 5) is 31.7. The smallest absolute Gasteiger partial charge is 0.310 e. The highest BCUT2D eigenvalue weighted by Gasteiger charge is 2.19. The summed E-state index contributed by atoms with van der Waals surface area (Å²) in [6.07, 6.45) is 3.30. The molecule has 2 heterocycles. The van der Waals surface area contributed by atoms with E-state index in [1.807, 2.05) is 32.9 Å². The fraction of sp³-hybridized carbons (Fsp3) is 0.300. The van der Waals surface area contributed by atoms with Crippen molar-refractivity contribution in [2.24, 2.45) is 4.99 Å². The van der Waals surface area contributed by atoms with Crippen LogP contribution in [0, 0.1) is 0 Å². The molecule has 0 radical (unpaired) electrons. The summed E-state index contributed by atoms with van der Waals surface area (Å²) in [5.41, 5.74) is 1.02. The van der Waals surface area contributed by atoms with Crippen molar-refractivity contribution in [3.63, 3.8) is 0 Å². The highest BCUT2D eigenvalue weighted by Crippen LogP contribution is 2.32. The molecule has 3 rings (SSSR count). The molecule has 1 aliphatic heterocycles. The number of ketones is 1. The number of nitrogens with zero attached hydrogens (tertiary/aromatic N) is 2. The van der Waals surface area contributed by atoms with Crippen LogP contribution in [0.4, 0.5) is 5.82 Å². The van der Waals surface area contributed by atoms with Crippen molar-refractivity contribution in [3.8, 4) is 11.5 Å². The van der Waals surface area contributed by atoms with E-state index in [1.165, 1.54) is 6.21 Å². The van der Waals surface area contributed by atoms with Gasteiger partial charge in [0, 0.05) is 18.2 Å². The van der Waals surface area contributed by atoms with Crippen LogP contribution in [-0.2, 0) is 27.2 Å². The van der Waals surface area contributed by atoms with Crippen LogP contribution < -0.4 is 4.74 Å². The molecule has 0 unspecified atom stereocenters. The Morgan fingerprint density at radius 2 is 1.88 bits per heavy atom. The maximum atomic E-state index is 11.9. The van der Waals surface area contributed by atoms with Gasteiger partial charge in [-0.1, -0.05) is 12.1 Å². The topological polar surface area (TPSA) is 77.9 Å². The second kappa shape index (κ2) is 7.07. The standard InChI is InChI=1S/C20H20N2O4/c1-20(2,3)26-18(24)10-13-4-6-15(7-5-13)25-17-8-9-21-19-16(17)11-14(23)12-22-19/h4-9,12H,10-11H2,1-3H3. The van der Waals surface area contributed by atoms with Crippen LogP contribution in [0.3, 0.4) is 0 Å². The molecule has 1 aromatic carbocycles. The molecular weight excluding hydrogens is 332 g/mol. The van der Waals surface area contributed by atoms with Gasteiger partial charge in [0.2, 0.25) is 0 Å². The average molecular weight is 352 g/mol. The second-order valence-electron chi connectivity index (χ2n) is 7.02. The van der Waals surface area contributed by atoms with Crippen molar-refractivity contribution < 1.29 is 19.1 Å². The van der Waals surface area contributed by atoms with Crippen LogP contribution in [0.15, 0.2) is 41.5 Å².